The molecule has 0 aromatic carbocycles. The van der Waals surface area contributed by atoms with Crippen LogP contribution in [0.4, 0.5) is 0 Å². The molecule has 2 amide bonds. The van der Waals surface area contributed by atoms with Crippen molar-refractivity contribution in [3.8, 4) is 19.5 Å². The van der Waals surface area contributed by atoms with Crippen LogP contribution in [0, 0.1) is 0 Å². The van der Waals surface area contributed by atoms with Crippen LogP contribution in [-0.4, -0.2) is 34.7 Å². The maximum Gasteiger partial charge on any atom is 0.261 e. The minimum Gasteiger partial charge on any atom is -0.306 e. The maximum absolute atomic E-state index is 14.2. The van der Waals surface area contributed by atoms with Gasteiger partial charge in [0.15, 0.2) is 0 Å². The van der Waals surface area contributed by atoms with Crippen LogP contribution >= 0.6 is 45.3 Å². The van der Waals surface area contributed by atoms with Gasteiger partial charge in [0.2, 0.25) is 0 Å². The lowest BCUT2D eigenvalue weighted by atomic mass is 10.1. The van der Waals surface area contributed by atoms with Crippen molar-refractivity contribution in [3.05, 3.63) is 80.2 Å². The van der Waals surface area contributed by atoms with Gasteiger partial charge in [-0.25, -0.2) is 0 Å². The fourth-order valence-electron chi connectivity index (χ4n) is 5.20. The van der Waals surface area contributed by atoms with Gasteiger partial charge in [-0.1, -0.05) is 45.2 Å². The van der Waals surface area contributed by atoms with Crippen molar-refractivity contribution in [1.29, 1.82) is 0 Å². The molecule has 0 bridgehead atoms. The summed E-state index contributed by atoms with van der Waals surface area (Å²) < 4.78 is 0. The van der Waals surface area contributed by atoms with Gasteiger partial charge in [-0.3, -0.25) is 9.59 Å². The van der Waals surface area contributed by atoms with Crippen LogP contribution < -0.4 is 0 Å². The normalized spacial score (nSPS) is 15.4. The third-order valence-electron chi connectivity index (χ3n) is 7.11. The summed E-state index contributed by atoms with van der Waals surface area (Å²) in [5, 5.41) is 4.16. The number of unbranched alkanes of at least 4 members (excludes halogenated alkanes) is 3. The van der Waals surface area contributed by atoms with E-state index in [4.69, 9.17) is 0 Å². The molecular formula is C31H30N2O2S4. The van der Waals surface area contributed by atoms with Crippen LogP contribution in [0.5, 0.6) is 0 Å². The van der Waals surface area contributed by atoms with Crippen LogP contribution in [0.2, 0.25) is 0 Å². The van der Waals surface area contributed by atoms with E-state index in [2.05, 4.69) is 73.1 Å². The predicted octanol–water partition coefficient (Wildman–Crippen LogP) is 9.06. The second kappa shape index (κ2) is 11.4. The topological polar surface area (TPSA) is 40.6 Å². The summed E-state index contributed by atoms with van der Waals surface area (Å²) in [5.41, 5.74) is 2.78. The van der Waals surface area contributed by atoms with E-state index in [0.29, 0.717) is 24.2 Å². The van der Waals surface area contributed by atoms with E-state index in [1.807, 2.05) is 9.80 Å². The van der Waals surface area contributed by atoms with Crippen molar-refractivity contribution in [2.45, 2.75) is 46.0 Å². The summed E-state index contributed by atoms with van der Waals surface area (Å²) in [4.78, 5) is 39.0. The summed E-state index contributed by atoms with van der Waals surface area (Å²) in [5.74, 6) is -0.0671. The Hall–Kier alpha value is -2.78. The highest BCUT2D eigenvalue weighted by Gasteiger charge is 2.49. The number of carbonyl (C=O) groups is 2. The molecule has 0 saturated heterocycles. The summed E-state index contributed by atoms with van der Waals surface area (Å²) in [6, 6.07) is 16.8. The smallest absolute Gasteiger partial charge is 0.261 e. The molecule has 0 fully saturated rings. The van der Waals surface area contributed by atoms with Gasteiger partial charge in [0.1, 0.15) is 0 Å². The molecule has 6 heterocycles. The fourth-order valence-corrected chi connectivity index (χ4v) is 9.01. The molecule has 4 nitrogen and oxygen atoms in total. The zero-order chi connectivity index (χ0) is 26.9. The summed E-state index contributed by atoms with van der Waals surface area (Å²) >= 11 is 6.76. The molecule has 0 saturated carbocycles. The van der Waals surface area contributed by atoms with Crippen molar-refractivity contribution < 1.29 is 9.59 Å². The van der Waals surface area contributed by atoms with Gasteiger partial charge in [-0.15, -0.1) is 45.3 Å². The Kier molecular flexibility index (Phi) is 7.71. The first-order valence-corrected chi connectivity index (χ1v) is 16.9. The molecule has 0 unspecified atom stereocenters. The standard InChI is InChI=1S/C31H30N2O2S4/c1-3-5-7-17-33-29(25-15-13-23(39-25)21-11-9-19-37-21)27-26(31(33)35)28(32(30(27)34)16-6-4-2)24-14-12-22(38-24)20-10-8-18-36-20/h8-15,18-19H,3-7,16-17H2,1-2H3. The van der Waals surface area contributed by atoms with Crippen molar-refractivity contribution in [2.75, 3.05) is 13.1 Å². The Morgan fingerprint density at radius 3 is 1.46 bits per heavy atom. The van der Waals surface area contributed by atoms with Crippen LogP contribution in [0.15, 0.2) is 70.4 Å². The lowest BCUT2D eigenvalue weighted by molar-refractivity contribution is -0.124. The molecule has 4 aromatic rings. The van der Waals surface area contributed by atoms with E-state index >= 15 is 0 Å². The monoisotopic (exact) mass is 590 g/mol. The molecule has 0 spiro atoms. The maximum atomic E-state index is 14.2. The van der Waals surface area contributed by atoms with Crippen molar-refractivity contribution in [3.63, 3.8) is 0 Å². The molecule has 2 aliphatic rings. The second-order valence-corrected chi connectivity index (χ2v) is 13.8. The number of fused-ring (bicyclic) bond motifs is 1. The first-order chi connectivity index (χ1) is 19.1. The Bertz CT molecular complexity index is 1550. The van der Waals surface area contributed by atoms with Crippen LogP contribution in [-0.2, 0) is 9.59 Å². The number of carbonyl (C=O) groups excluding carboxylic acids is 2. The predicted molar refractivity (Wildman–Crippen MR) is 167 cm³/mol. The number of nitrogens with zero attached hydrogens (tertiary/aromatic N) is 2. The van der Waals surface area contributed by atoms with E-state index < -0.39 is 0 Å². The van der Waals surface area contributed by atoms with E-state index in [9.17, 15) is 9.59 Å². The lowest BCUT2D eigenvalue weighted by Gasteiger charge is -2.24. The number of hydrogen-bond acceptors (Lipinski definition) is 6. The van der Waals surface area contributed by atoms with Gasteiger partial charge < -0.3 is 9.80 Å². The van der Waals surface area contributed by atoms with Gasteiger partial charge in [-0.2, -0.15) is 0 Å². The highest BCUT2D eigenvalue weighted by atomic mass is 32.1. The third kappa shape index (κ3) is 4.78. The molecule has 200 valence electrons. The Labute approximate surface area is 245 Å². The molecule has 39 heavy (non-hydrogen) atoms. The number of amides is 2. The summed E-state index contributed by atoms with van der Waals surface area (Å²) in [7, 11) is 0. The first kappa shape index (κ1) is 26.4. The summed E-state index contributed by atoms with van der Waals surface area (Å²) in [6.45, 7) is 5.55. The fraction of sp³-hybridized carbons (Fsp3) is 0.290. The Morgan fingerprint density at radius 2 is 1.03 bits per heavy atom. The number of thiophene rings is 4. The second-order valence-electron chi connectivity index (χ2n) is 9.70. The van der Waals surface area contributed by atoms with E-state index in [-0.39, 0.29) is 11.8 Å². The van der Waals surface area contributed by atoms with Crippen molar-refractivity contribution in [1.82, 2.24) is 9.80 Å². The summed E-state index contributed by atoms with van der Waals surface area (Å²) in [6.07, 6.45) is 4.92. The van der Waals surface area contributed by atoms with Crippen molar-refractivity contribution in [2.24, 2.45) is 0 Å². The lowest BCUT2D eigenvalue weighted by Crippen LogP contribution is -2.30. The number of rotatable bonds is 11. The zero-order valence-electron chi connectivity index (χ0n) is 22.1. The zero-order valence-corrected chi connectivity index (χ0v) is 25.3. The number of hydrogen-bond donors (Lipinski definition) is 0. The molecule has 0 aliphatic carbocycles. The minimum atomic E-state index is -0.0352. The molecule has 6 rings (SSSR count). The average molecular weight is 591 g/mol. The Morgan fingerprint density at radius 1 is 0.564 bits per heavy atom. The van der Waals surface area contributed by atoms with Gasteiger partial charge in [-0.05, 0) is 60.0 Å². The molecule has 8 heteroatoms. The third-order valence-corrected chi connectivity index (χ3v) is 11.4. The molecule has 0 atom stereocenters. The highest BCUT2D eigenvalue weighted by Crippen LogP contribution is 2.50. The van der Waals surface area contributed by atoms with Crippen LogP contribution in [0.3, 0.4) is 0 Å². The van der Waals surface area contributed by atoms with E-state index in [1.54, 1.807) is 45.3 Å². The molecule has 0 N–H and O–H groups in total. The van der Waals surface area contributed by atoms with Crippen molar-refractivity contribution >= 4 is 68.6 Å². The molecule has 0 radical (unpaired) electrons. The van der Waals surface area contributed by atoms with Gasteiger partial charge in [0.05, 0.1) is 32.3 Å². The van der Waals surface area contributed by atoms with Crippen LogP contribution in [0.1, 0.15) is 55.7 Å². The largest absolute Gasteiger partial charge is 0.306 e. The van der Waals surface area contributed by atoms with E-state index in [1.165, 1.54) is 14.6 Å². The molecule has 2 aliphatic heterocycles. The van der Waals surface area contributed by atoms with Crippen LogP contribution in [0.25, 0.3) is 30.9 Å². The van der Waals surface area contributed by atoms with Gasteiger partial charge >= 0.3 is 0 Å². The average Bonchev–Trinajstić information content (AvgIpc) is 3.77. The SMILES string of the molecule is CCCCCN1C(=O)C2=C(c3ccc(-c4cccs4)s3)N(CCCC)C(=O)C2=C1c1ccc(-c2cccs2)s1. The Balaban J connectivity index is 1.51. The van der Waals surface area contributed by atoms with Gasteiger partial charge in [0.25, 0.3) is 11.8 Å². The van der Waals surface area contributed by atoms with Gasteiger partial charge in [0, 0.05) is 32.6 Å². The minimum absolute atomic E-state index is 0.0319. The van der Waals surface area contributed by atoms with E-state index in [0.717, 1.165) is 58.1 Å². The quantitative estimate of drug-likeness (QED) is 0.164. The molecule has 4 aromatic heterocycles. The highest BCUT2D eigenvalue weighted by molar-refractivity contribution is 7.22. The molecular weight excluding hydrogens is 561 g/mol. The first-order valence-electron chi connectivity index (χ1n) is 13.5.